The maximum Gasteiger partial charge on any atom is 0.501 e. The Kier molecular flexibility index (Phi) is 7.94. The second kappa shape index (κ2) is 10.9. The third-order valence-electron chi connectivity index (χ3n) is 7.02. The van der Waals surface area contributed by atoms with Gasteiger partial charge in [-0.15, -0.1) is 0 Å². The van der Waals surface area contributed by atoms with E-state index in [9.17, 15) is 26.4 Å². The summed E-state index contributed by atoms with van der Waals surface area (Å²) in [5.41, 5.74) is -6.19. The van der Waals surface area contributed by atoms with Gasteiger partial charge in [-0.1, -0.05) is 66.7 Å². The lowest BCUT2D eigenvalue weighted by Crippen LogP contribution is -2.53. The average Bonchev–Trinajstić information content (AvgIpc) is 3.30. The van der Waals surface area contributed by atoms with E-state index in [1.165, 1.54) is 6.07 Å². The molecule has 10 heteroatoms. The molecule has 3 atom stereocenters. The minimum absolute atomic E-state index is 0.0726. The molecule has 38 heavy (non-hydrogen) atoms. The molecule has 1 fully saturated rings. The van der Waals surface area contributed by atoms with Crippen molar-refractivity contribution in [1.29, 1.82) is 0 Å². The first-order chi connectivity index (χ1) is 17.9. The Morgan fingerprint density at radius 2 is 1.66 bits per heavy atom. The summed E-state index contributed by atoms with van der Waals surface area (Å²) < 4.78 is 79.3. The summed E-state index contributed by atoms with van der Waals surface area (Å²) in [6, 6.07) is 21.7. The summed E-state index contributed by atoms with van der Waals surface area (Å²) in [6.45, 7) is 2.32. The molecule has 0 aromatic heterocycles. The number of carbonyl (C=O) groups is 1. The van der Waals surface area contributed by atoms with Crippen molar-refractivity contribution in [2.24, 2.45) is 0 Å². The summed E-state index contributed by atoms with van der Waals surface area (Å²) >= 11 is 0. The molecule has 0 spiro atoms. The Hall–Kier alpha value is -3.24. The minimum Gasteiger partial charge on any atom is -0.323 e. The highest BCUT2D eigenvalue weighted by molar-refractivity contribution is 7.92. The number of amides is 1. The van der Waals surface area contributed by atoms with Gasteiger partial charge in [-0.2, -0.15) is 13.2 Å². The summed E-state index contributed by atoms with van der Waals surface area (Å²) in [5, 5.41) is 2.34. The molecule has 202 valence electrons. The van der Waals surface area contributed by atoms with Crippen LogP contribution in [0.25, 0.3) is 0 Å². The number of halogens is 4. The highest BCUT2D eigenvalue weighted by Gasteiger charge is 2.53. The maximum atomic E-state index is 16.7. The Morgan fingerprint density at radius 1 is 1.03 bits per heavy atom. The predicted octanol–water partition coefficient (Wildman–Crippen LogP) is 6.44. The van der Waals surface area contributed by atoms with Gasteiger partial charge in [0.25, 0.3) is 15.7 Å². The topological polar surface area (TPSA) is 66.5 Å². The number of hydrogen-bond donors (Lipinski definition) is 1. The molecule has 4 rings (SSSR count). The highest BCUT2D eigenvalue weighted by Crippen LogP contribution is 2.42. The lowest BCUT2D eigenvalue weighted by Gasteiger charge is -2.40. The van der Waals surface area contributed by atoms with Crippen LogP contribution >= 0.6 is 0 Å². The van der Waals surface area contributed by atoms with Gasteiger partial charge in [0.1, 0.15) is 0 Å². The fraction of sp³-hybridized carbons (Fsp3) is 0.321. The molecule has 3 unspecified atom stereocenters. The van der Waals surface area contributed by atoms with Crippen molar-refractivity contribution in [3.05, 3.63) is 96.1 Å². The molecule has 0 saturated heterocycles. The molecule has 3 aromatic carbocycles. The molecule has 1 saturated carbocycles. The van der Waals surface area contributed by atoms with Gasteiger partial charge >= 0.3 is 5.51 Å². The van der Waals surface area contributed by atoms with Crippen LogP contribution in [0.1, 0.15) is 43.4 Å². The van der Waals surface area contributed by atoms with Crippen LogP contribution < -0.4 is 5.32 Å². The van der Waals surface area contributed by atoms with Gasteiger partial charge in [-0.3, -0.25) is 9.69 Å². The lowest BCUT2D eigenvalue weighted by molar-refractivity contribution is -0.131. The number of hydrogen-bond acceptors (Lipinski definition) is 4. The normalized spacial score (nSPS) is 20.8. The van der Waals surface area contributed by atoms with Gasteiger partial charge in [-0.05, 0) is 55.5 Å². The van der Waals surface area contributed by atoms with Gasteiger partial charge in [0, 0.05) is 18.3 Å². The van der Waals surface area contributed by atoms with Crippen molar-refractivity contribution in [2.75, 3.05) is 5.32 Å². The zero-order valence-corrected chi connectivity index (χ0v) is 21.5. The van der Waals surface area contributed by atoms with E-state index >= 15 is 4.39 Å². The van der Waals surface area contributed by atoms with Crippen LogP contribution in [0, 0.1) is 0 Å². The van der Waals surface area contributed by atoms with Crippen molar-refractivity contribution in [3.8, 4) is 0 Å². The Balaban J connectivity index is 1.64. The second-order valence-electron chi connectivity index (χ2n) is 9.45. The first-order valence-corrected chi connectivity index (χ1v) is 13.7. The molecule has 3 aromatic rings. The first kappa shape index (κ1) is 27.8. The Bertz CT molecular complexity index is 1370. The summed E-state index contributed by atoms with van der Waals surface area (Å²) in [6.07, 6.45) is 0.761. The van der Waals surface area contributed by atoms with E-state index in [1.54, 1.807) is 0 Å². The van der Waals surface area contributed by atoms with Gasteiger partial charge in [-0.25, -0.2) is 12.8 Å². The second-order valence-corrected chi connectivity index (χ2v) is 11.4. The number of sulfone groups is 1. The van der Waals surface area contributed by atoms with Crippen molar-refractivity contribution in [3.63, 3.8) is 0 Å². The summed E-state index contributed by atoms with van der Waals surface area (Å²) in [4.78, 5) is 14.3. The molecule has 1 aliphatic rings. The molecule has 1 aliphatic carbocycles. The van der Waals surface area contributed by atoms with Crippen molar-refractivity contribution in [2.45, 2.75) is 60.9 Å². The van der Waals surface area contributed by atoms with E-state index in [1.807, 2.05) is 72.5 Å². The van der Waals surface area contributed by atoms with Crippen LogP contribution in [-0.2, 0) is 21.2 Å². The minimum atomic E-state index is -5.62. The predicted molar refractivity (Wildman–Crippen MR) is 137 cm³/mol. The molecular weight excluding hydrogens is 520 g/mol. The number of carbonyl (C=O) groups excluding carboxylic acids is 1. The fourth-order valence-corrected chi connectivity index (χ4v) is 5.79. The molecule has 1 N–H and O–H groups in total. The monoisotopic (exact) mass is 548 g/mol. The SMILES string of the molecule is CC(c1ccccc1)N(Cc1ccccc1)C1CCCC1(F)C(=O)Nc1cccc(S(=O)(=O)C(F)(F)F)c1. The molecular formula is C28H28F4N2O3S. The number of nitrogens with one attached hydrogen (secondary N) is 1. The number of alkyl halides is 4. The van der Waals surface area contributed by atoms with E-state index in [0.29, 0.717) is 25.5 Å². The first-order valence-electron chi connectivity index (χ1n) is 12.2. The number of nitrogens with zero attached hydrogens (tertiary/aromatic N) is 1. The van der Waals surface area contributed by atoms with Gasteiger partial charge in [0.15, 0.2) is 0 Å². The fourth-order valence-electron chi connectivity index (χ4n) is 4.99. The average molecular weight is 549 g/mol. The van der Waals surface area contributed by atoms with Gasteiger partial charge < -0.3 is 5.32 Å². The highest BCUT2D eigenvalue weighted by atomic mass is 32.2. The van der Waals surface area contributed by atoms with Gasteiger partial charge in [0.05, 0.1) is 10.9 Å². The standard InChI is InChI=1S/C28H28F4N2O3S/c1-20(22-12-6-3-7-13-22)34(19-21-10-4-2-5-11-21)25-16-9-17-27(25,29)26(35)33-23-14-8-15-24(18-23)38(36,37)28(30,31)32/h2-8,10-15,18,20,25H,9,16-17,19H2,1H3,(H,33,35). The Morgan fingerprint density at radius 3 is 2.29 bits per heavy atom. The molecule has 0 bridgehead atoms. The summed E-state index contributed by atoms with van der Waals surface area (Å²) in [5.74, 6) is -1.01. The quantitative estimate of drug-likeness (QED) is 0.329. The molecule has 5 nitrogen and oxygen atoms in total. The van der Waals surface area contributed by atoms with Crippen LogP contribution in [0.5, 0.6) is 0 Å². The van der Waals surface area contributed by atoms with Crippen LogP contribution in [0.3, 0.4) is 0 Å². The van der Waals surface area contributed by atoms with Crippen molar-refractivity contribution in [1.82, 2.24) is 4.90 Å². The van der Waals surface area contributed by atoms with Crippen LogP contribution in [0.4, 0.5) is 23.2 Å². The largest absolute Gasteiger partial charge is 0.501 e. The van der Waals surface area contributed by atoms with Crippen molar-refractivity contribution >= 4 is 21.4 Å². The molecule has 0 heterocycles. The van der Waals surface area contributed by atoms with E-state index in [0.717, 1.165) is 23.3 Å². The maximum absolute atomic E-state index is 16.7. The third kappa shape index (κ3) is 5.61. The zero-order valence-electron chi connectivity index (χ0n) is 20.7. The zero-order chi connectivity index (χ0) is 27.6. The third-order valence-corrected chi connectivity index (χ3v) is 8.50. The number of rotatable bonds is 8. The summed E-state index contributed by atoms with van der Waals surface area (Å²) in [7, 11) is -5.62. The molecule has 0 aliphatic heterocycles. The van der Waals surface area contributed by atoms with Crippen LogP contribution in [0.2, 0.25) is 0 Å². The van der Waals surface area contributed by atoms with E-state index in [-0.39, 0.29) is 18.2 Å². The van der Waals surface area contributed by atoms with Crippen molar-refractivity contribution < 1.29 is 30.8 Å². The molecule has 1 amide bonds. The van der Waals surface area contributed by atoms with Gasteiger partial charge in [0.2, 0.25) is 5.67 Å². The van der Waals surface area contributed by atoms with Crippen LogP contribution in [-0.4, -0.2) is 36.4 Å². The smallest absolute Gasteiger partial charge is 0.323 e. The Labute approximate surface area is 219 Å². The van der Waals surface area contributed by atoms with Crippen LogP contribution in [0.15, 0.2) is 89.8 Å². The molecule has 0 radical (unpaired) electrons. The van der Waals surface area contributed by atoms with E-state index in [4.69, 9.17) is 0 Å². The number of anilines is 1. The van der Waals surface area contributed by atoms with E-state index < -0.39 is 37.9 Å². The number of benzene rings is 3. The lowest BCUT2D eigenvalue weighted by atomic mass is 9.93. The van der Waals surface area contributed by atoms with E-state index in [2.05, 4.69) is 5.32 Å².